The highest BCUT2D eigenvalue weighted by atomic mass is 16.5. The van der Waals surface area contributed by atoms with Crippen LogP contribution < -0.4 is 0 Å². The van der Waals surface area contributed by atoms with Crippen molar-refractivity contribution in [2.24, 2.45) is 0 Å². The van der Waals surface area contributed by atoms with E-state index in [0.29, 0.717) is 5.69 Å². The summed E-state index contributed by atoms with van der Waals surface area (Å²) in [6.07, 6.45) is 19.0. The third-order valence-electron chi connectivity index (χ3n) is 4.22. The Morgan fingerprint density at radius 3 is 2.31 bits per heavy atom. The predicted octanol–water partition coefficient (Wildman–Crippen LogP) is 3.92. The molecule has 2 aromatic rings. The number of aromatic amines is 1. The third kappa shape index (κ3) is 10.7. The lowest BCUT2D eigenvalue weighted by atomic mass is 10.1. The second-order valence-corrected chi connectivity index (χ2v) is 6.51. The molecule has 2 heterocycles. The number of aromatic nitrogens is 4. The van der Waals surface area contributed by atoms with Gasteiger partial charge < -0.3 is 9.84 Å². The van der Waals surface area contributed by atoms with Crippen LogP contribution in [-0.4, -0.2) is 44.1 Å². The fourth-order valence-electron chi connectivity index (χ4n) is 2.64. The Labute approximate surface area is 171 Å². The summed E-state index contributed by atoms with van der Waals surface area (Å²) in [5.74, 6) is 1.31. The van der Waals surface area contributed by atoms with E-state index in [9.17, 15) is 9.59 Å². The molecular weight excluding hydrogens is 372 g/mol. The van der Waals surface area contributed by atoms with Crippen molar-refractivity contribution < 1.29 is 19.4 Å². The van der Waals surface area contributed by atoms with Crippen molar-refractivity contribution in [3.05, 3.63) is 35.9 Å². The van der Waals surface area contributed by atoms with Gasteiger partial charge in [-0.25, -0.2) is 9.59 Å². The highest BCUT2D eigenvalue weighted by Gasteiger charge is 2.06. The number of aromatic carboxylic acids is 1. The first-order chi connectivity index (χ1) is 14.1. The van der Waals surface area contributed by atoms with E-state index in [1.165, 1.54) is 51.8 Å². The van der Waals surface area contributed by atoms with Crippen molar-refractivity contribution in [2.75, 3.05) is 7.11 Å². The zero-order chi connectivity index (χ0) is 21.3. The molecule has 0 unspecified atom stereocenters. The number of ether oxygens (including phenoxy) is 1. The molecule has 0 radical (unpaired) electrons. The minimum atomic E-state index is -0.964. The third-order valence-corrected chi connectivity index (χ3v) is 4.22. The maximum atomic E-state index is 10.7. The van der Waals surface area contributed by atoms with Gasteiger partial charge in [-0.2, -0.15) is 10.2 Å². The lowest BCUT2D eigenvalue weighted by Gasteiger charge is -2.02. The largest absolute Gasteiger partial charge is 0.476 e. The minimum absolute atomic E-state index is 0.122. The number of esters is 1. The molecule has 0 spiro atoms. The highest BCUT2D eigenvalue weighted by Crippen LogP contribution is 2.10. The number of carbonyl (C=O) groups excluding carboxylic acids is 1. The van der Waals surface area contributed by atoms with Gasteiger partial charge in [0, 0.05) is 25.4 Å². The van der Waals surface area contributed by atoms with E-state index >= 15 is 0 Å². The smallest absolute Gasteiger partial charge is 0.356 e. The van der Waals surface area contributed by atoms with E-state index in [4.69, 9.17) is 11.5 Å². The number of H-pyrrole nitrogens is 1. The predicted molar refractivity (Wildman–Crippen MR) is 109 cm³/mol. The Hall–Kier alpha value is -3.08. The Bertz CT molecular complexity index is 747. The average molecular weight is 402 g/mol. The first kappa shape index (κ1) is 24.0. The van der Waals surface area contributed by atoms with Crippen molar-refractivity contribution in [1.29, 1.82) is 0 Å². The second-order valence-electron chi connectivity index (χ2n) is 6.51. The maximum absolute atomic E-state index is 10.7. The quantitative estimate of drug-likeness (QED) is 0.316. The number of aryl methyl sites for hydroxylation is 1. The number of unbranched alkanes of at least 4 members (excludes halogenated alkanes) is 8. The van der Waals surface area contributed by atoms with Crippen molar-refractivity contribution in [1.82, 2.24) is 20.0 Å². The number of methoxy groups -OCH3 is 1. The molecule has 158 valence electrons. The number of hydrogen-bond donors (Lipinski definition) is 2. The van der Waals surface area contributed by atoms with Gasteiger partial charge in [0.1, 0.15) is 5.69 Å². The van der Waals surface area contributed by atoms with Crippen LogP contribution in [0.4, 0.5) is 0 Å². The van der Waals surface area contributed by atoms with Gasteiger partial charge in [-0.3, -0.25) is 9.78 Å². The molecule has 2 aromatic heterocycles. The van der Waals surface area contributed by atoms with Crippen LogP contribution in [-0.2, 0) is 11.3 Å². The Kier molecular flexibility index (Phi) is 12.3. The molecule has 0 aliphatic heterocycles. The number of nitrogens with zero attached hydrogens (tertiary/aromatic N) is 3. The number of nitrogens with one attached hydrogen (secondary N) is 1. The van der Waals surface area contributed by atoms with E-state index in [1.807, 2.05) is 0 Å². The molecule has 0 aromatic carbocycles. The van der Waals surface area contributed by atoms with Crippen molar-refractivity contribution >= 4 is 11.9 Å². The summed E-state index contributed by atoms with van der Waals surface area (Å²) in [6.45, 7) is 0.801. The number of carbonyl (C=O) groups is 2. The molecule has 8 nitrogen and oxygen atoms in total. The van der Waals surface area contributed by atoms with Crippen LogP contribution in [0.5, 0.6) is 0 Å². The van der Waals surface area contributed by atoms with Crippen molar-refractivity contribution in [2.45, 2.75) is 64.3 Å². The van der Waals surface area contributed by atoms with E-state index < -0.39 is 11.9 Å². The van der Waals surface area contributed by atoms with Crippen LogP contribution in [0.25, 0.3) is 0 Å². The molecule has 2 N–H and O–H groups in total. The summed E-state index contributed by atoms with van der Waals surface area (Å²) >= 11 is 0. The first-order valence-corrected chi connectivity index (χ1v) is 9.86. The fourth-order valence-corrected chi connectivity index (χ4v) is 2.64. The Morgan fingerprint density at radius 2 is 1.79 bits per heavy atom. The molecule has 0 bridgehead atoms. The number of terminal acetylenes is 1. The highest BCUT2D eigenvalue weighted by molar-refractivity contribution is 5.86. The SMILES string of the molecule is C#CCCCCCCCCCCn1ccc(C(=O)O)n1.COC(=O)c1ccn[nH]1. The van der Waals surface area contributed by atoms with Crippen molar-refractivity contribution in [3.63, 3.8) is 0 Å². The summed E-state index contributed by atoms with van der Waals surface area (Å²) in [4.78, 5) is 21.3. The van der Waals surface area contributed by atoms with Gasteiger partial charge in [-0.05, 0) is 25.0 Å². The summed E-state index contributed by atoms with van der Waals surface area (Å²) in [5.41, 5.74) is 0.495. The van der Waals surface area contributed by atoms with Gasteiger partial charge in [0.2, 0.25) is 0 Å². The number of carboxylic acid groups (broad SMARTS) is 1. The molecule has 0 saturated heterocycles. The van der Waals surface area contributed by atoms with Crippen LogP contribution in [0.1, 0.15) is 78.8 Å². The number of carboxylic acids is 1. The van der Waals surface area contributed by atoms with Crippen molar-refractivity contribution in [3.8, 4) is 12.3 Å². The van der Waals surface area contributed by atoms with Gasteiger partial charge in [0.05, 0.1) is 7.11 Å². The van der Waals surface area contributed by atoms with E-state index in [2.05, 4.69) is 26.0 Å². The lowest BCUT2D eigenvalue weighted by Crippen LogP contribution is -2.02. The normalized spacial score (nSPS) is 9.93. The standard InChI is InChI=1S/C16H24N2O2.C5H6N2O2/c1-2-3-4-5-6-7-8-9-10-11-13-18-14-12-15(17-18)16(19)20;1-9-5(8)4-2-3-6-7-4/h1,12,14H,3-11,13H2,(H,19,20);2-3H,1H3,(H,6,7). The number of rotatable bonds is 12. The molecule has 29 heavy (non-hydrogen) atoms. The maximum Gasteiger partial charge on any atom is 0.356 e. The van der Waals surface area contributed by atoms with Crippen LogP contribution >= 0.6 is 0 Å². The van der Waals surface area contributed by atoms with Gasteiger partial charge in [0.25, 0.3) is 0 Å². The average Bonchev–Trinajstić information content (AvgIpc) is 3.41. The Balaban J connectivity index is 0.000000387. The van der Waals surface area contributed by atoms with Gasteiger partial charge in [-0.15, -0.1) is 12.3 Å². The van der Waals surface area contributed by atoms with E-state index in [0.717, 1.165) is 25.8 Å². The summed E-state index contributed by atoms with van der Waals surface area (Å²) in [6, 6.07) is 3.09. The molecule has 0 atom stereocenters. The molecule has 8 heteroatoms. The lowest BCUT2D eigenvalue weighted by molar-refractivity contribution is 0.0593. The number of hydrogen-bond acceptors (Lipinski definition) is 5. The summed E-state index contributed by atoms with van der Waals surface area (Å²) in [7, 11) is 1.32. The molecule has 0 saturated carbocycles. The molecule has 2 rings (SSSR count). The van der Waals surface area contributed by atoms with E-state index in [1.54, 1.807) is 23.0 Å². The van der Waals surface area contributed by atoms with Gasteiger partial charge >= 0.3 is 11.9 Å². The van der Waals surface area contributed by atoms with Gasteiger partial charge in [0.15, 0.2) is 5.69 Å². The topological polar surface area (TPSA) is 110 Å². The first-order valence-electron chi connectivity index (χ1n) is 9.86. The summed E-state index contributed by atoms with van der Waals surface area (Å²) < 4.78 is 6.10. The van der Waals surface area contributed by atoms with Crippen LogP contribution in [0, 0.1) is 12.3 Å². The molecule has 0 aliphatic rings. The Morgan fingerprint density at radius 1 is 1.14 bits per heavy atom. The fraction of sp³-hybridized carbons (Fsp3) is 0.524. The minimum Gasteiger partial charge on any atom is -0.476 e. The van der Waals surface area contributed by atoms with Crippen LogP contribution in [0.2, 0.25) is 0 Å². The van der Waals surface area contributed by atoms with Gasteiger partial charge in [-0.1, -0.05) is 38.5 Å². The molecule has 0 amide bonds. The zero-order valence-corrected chi connectivity index (χ0v) is 17.0. The molecule has 0 aliphatic carbocycles. The van der Waals surface area contributed by atoms with Crippen LogP contribution in [0.15, 0.2) is 24.5 Å². The zero-order valence-electron chi connectivity index (χ0n) is 17.0. The second kappa shape index (κ2) is 14.9. The monoisotopic (exact) mass is 402 g/mol. The van der Waals surface area contributed by atoms with Crippen LogP contribution in [0.3, 0.4) is 0 Å². The molecule has 0 fully saturated rings. The summed E-state index contributed by atoms with van der Waals surface area (Å²) in [5, 5.41) is 18.8. The van der Waals surface area contributed by atoms with E-state index in [-0.39, 0.29) is 5.69 Å². The molecular formula is C21H30N4O4.